The summed E-state index contributed by atoms with van der Waals surface area (Å²) in [5.74, 6) is 1.61. The summed E-state index contributed by atoms with van der Waals surface area (Å²) in [7, 11) is 0. The zero-order chi connectivity index (χ0) is 21.1. The number of ether oxygens (including phenoxy) is 2. The first-order valence-electron chi connectivity index (χ1n) is 10.3. The van der Waals surface area contributed by atoms with Crippen LogP contribution in [0.5, 0.6) is 11.5 Å². The number of rotatable bonds is 7. The van der Waals surface area contributed by atoms with Gasteiger partial charge in [0.05, 0.1) is 23.0 Å². The van der Waals surface area contributed by atoms with Gasteiger partial charge in [0, 0.05) is 17.5 Å². The molecule has 6 heteroatoms. The van der Waals surface area contributed by atoms with Crippen LogP contribution in [0, 0.1) is 13.8 Å². The van der Waals surface area contributed by atoms with E-state index in [0.29, 0.717) is 19.6 Å². The lowest BCUT2D eigenvalue weighted by atomic mass is 10.1. The second kappa shape index (κ2) is 8.88. The summed E-state index contributed by atoms with van der Waals surface area (Å²) in [6.07, 6.45) is 0.930. The van der Waals surface area contributed by atoms with Gasteiger partial charge in [0.25, 0.3) is 5.91 Å². The molecule has 0 spiro atoms. The van der Waals surface area contributed by atoms with Crippen molar-refractivity contribution < 1.29 is 14.3 Å². The zero-order valence-corrected chi connectivity index (χ0v) is 18.4. The maximum Gasteiger partial charge on any atom is 0.268 e. The van der Waals surface area contributed by atoms with Crippen LogP contribution in [-0.2, 0) is 4.79 Å². The molecule has 4 rings (SSSR count). The molecular weight excluding hydrogens is 396 g/mol. The Morgan fingerprint density at radius 3 is 2.80 bits per heavy atom. The quantitative estimate of drug-likeness (QED) is 0.479. The molecule has 1 aliphatic heterocycles. The predicted octanol–water partition coefficient (Wildman–Crippen LogP) is 5.40. The van der Waals surface area contributed by atoms with E-state index in [1.807, 2.05) is 73.5 Å². The molecule has 5 nitrogen and oxygen atoms in total. The summed E-state index contributed by atoms with van der Waals surface area (Å²) in [6, 6.07) is 14.0. The Morgan fingerprint density at radius 1 is 1.20 bits per heavy atom. The molecular formula is C24H26N2O3S. The number of hydrogen-bond acceptors (Lipinski definition) is 5. The molecule has 30 heavy (non-hydrogen) atoms. The minimum Gasteiger partial charge on any atom is -0.494 e. The van der Waals surface area contributed by atoms with Crippen LogP contribution in [0.25, 0.3) is 11.3 Å². The van der Waals surface area contributed by atoms with Gasteiger partial charge in [-0.05, 0) is 62.6 Å². The third-order valence-electron chi connectivity index (χ3n) is 5.13. The third-order valence-corrected chi connectivity index (χ3v) is 5.90. The van der Waals surface area contributed by atoms with Crippen LogP contribution in [0.2, 0.25) is 0 Å². The lowest BCUT2D eigenvalue weighted by Crippen LogP contribution is -2.46. The van der Waals surface area contributed by atoms with Crippen molar-refractivity contribution in [2.75, 3.05) is 18.1 Å². The van der Waals surface area contributed by atoms with E-state index in [1.165, 1.54) is 5.56 Å². The van der Waals surface area contributed by atoms with Crippen molar-refractivity contribution in [1.82, 2.24) is 4.98 Å². The van der Waals surface area contributed by atoms with Crippen molar-refractivity contribution in [1.29, 1.82) is 0 Å². The average Bonchev–Trinajstić information content (AvgIpc) is 3.18. The van der Waals surface area contributed by atoms with Gasteiger partial charge in [-0.3, -0.25) is 4.79 Å². The minimum atomic E-state index is -0.442. The molecule has 2 heterocycles. The molecule has 0 aliphatic carbocycles. The molecule has 0 fully saturated rings. The normalized spacial score (nSPS) is 15.6. The van der Waals surface area contributed by atoms with Crippen molar-refractivity contribution >= 4 is 22.9 Å². The molecule has 2 aromatic carbocycles. The Balaban J connectivity index is 1.51. The van der Waals surface area contributed by atoms with Gasteiger partial charge in [-0.15, -0.1) is 11.3 Å². The van der Waals surface area contributed by atoms with Crippen LogP contribution in [0.1, 0.15) is 30.3 Å². The van der Waals surface area contributed by atoms with E-state index in [0.717, 1.165) is 39.9 Å². The molecule has 1 unspecified atom stereocenters. The minimum absolute atomic E-state index is 0.00663. The number of nitrogens with zero attached hydrogens (tertiary/aromatic N) is 2. The summed E-state index contributed by atoms with van der Waals surface area (Å²) in [6.45, 7) is 7.13. The Morgan fingerprint density at radius 2 is 2.07 bits per heavy atom. The van der Waals surface area contributed by atoms with Gasteiger partial charge < -0.3 is 14.4 Å². The van der Waals surface area contributed by atoms with E-state index in [9.17, 15) is 4.79 Å². The molecule has 1 atom stereocenters. The summed E-state index contributed by atoms with van der Waals surface area (Å²) < 4.78 is 11.8. The molecule has 0 saturated heterocycles. The molecule has 0 saturated carbocycles. The first-order valence-corrected chi connectivity index (χ1v) is 11.2. The van der Waals surface area contributed by atoms with Gasteiger partial charge >= 0.3 is 0 Å². The van der Waals surface area contributed by atoms with Crippen LogP contribution >= 0.6 is 11.3 Å². The molecule has 0 N–H and O–H groups in total. The zero-order valence-electron chi connectivity index (χ0n) is 17.6. The fourth-order valence-electron chi connectivity index (χ4n) is 3.59. The smallest absolute Gasteiger partial charge is 0.268 e. The molecule has 1 aliphatic rings. The largest absolute Gasteiger partial charge is 0.494 e. The van der Waals surface area contributed by atoms with E-state index >= 15 is 0 Å². The number of benzene rings is 2. The van der Waals surface area contributed by atoms with Crippen LogP contribution in [0.3, 0.4) is 0 Å². The maximum atomic E-state index is 13.0. The lowest BCUT2D eigenvalue weighted by Gasteiger charge is -2.34. The molecule has 0 bridgehead atoms. The molecule has 156 valence electrons. The third kappa shape index (κ3) is 4.33. The van der Waals surface area contributed by atoms with E-state index in [1.54, 1.807) is 11.3 Å². The number of anilines is 1. The lowest BCUT2D eigenvalue weighted by molar-refractivity contribution is -0.126. The number of aromatic nitrogens is 1. The molecule has 1 aromatic heterocycles. The Hall–Kier alpha value is -2.86. The van der Waals surface area contributed by atoms with Crippen LogP contribution in [0.15, 0.2) is 47.8 Å². The first-order chi connectivity index (χ1) is 14.5. The van der Waals surface area contributed by atoms with Crippen molar-refractivity contribution in [2.24, 2.45) is 0 Å². The van der Waals surface area contributed by atoms with E-state index < -0.39 is 6.10 Å². The Labute approximate surface area is 181 Å². The summed E-state index contributed by atoms with van der Waals surface area (Å²) in [4.78, 5) is 19.4. The van der Waals surface area contributed by atoms with E-state index in [4.69, 9.17) is 9.47 Å². The van der Waals surface area contributed by atoms with Gasteiger partial charge in [-0.1, -0.05) is 19.1 Å². The van der Waals surface area contributed by atoms with Crippen molar-refractivity contribution in [3.05, 3.63) is 58.4 Å². The van der Waals surface area contributed by atoms with Crippen LogP contribution in [-0.4, -0.2) is 30.1 Å². The maximum absolute atomic E-state index is 13.0. The number of thiazole rings is 1. The van der Waals surface area contributed by atoms with Crippen LogP contribution in [0.4, 0.5) is 5.69 Å². The van der Waals surface area contributed by atoms with Crippen LogP contribution < -0.4 is 14.4 Å². The topological polar surface area (TPSA) is 51.7 Å². The van der Waals surface area contributed by atoms with Crippen molar-refractivity contribution in [3.8, 4) is 22.8 Å². The highest BCUT2D eigenvalue weighted by Gasteiger charge is 2.33. The molecule has 0 radical (unpaired) electrons. The fraction of sp³-hybridized carbons (Fsp3) is 0.333. The summed E-state index contributed by atoms with van der Waals surface area (Å²) in [5.41, 5.74) is 3.89. The number of aryl methyl sites for hydroxylation is 2. The van der Waals surface area contributed by atoms with Gasteiger partial charge in [-0.2, -0.15) is 0 Å². The number of fused-ring (bicyclic) bond motifs is 1. The van der Waals surface area contributed by atoms with Crippen molar-refractivity contribution in [3.63, 3.8) is 0 Å². The standard InChI is InChI=1S/C24H26N2O3S/c1-4-22-24(27)26(11-6-12-28-19-8-5-7-16(2)13-19)21-14-18(9-10-23(21)29-22)20-15-30-17(3)25-20/h5,7-10,13-15,22H,4,6,11-12H2,1-3H3. The molecule has 3 aromatic rings. The van der Waals surface area contributed by atoms with Gasteiger partial charge in [0.2, 0.25) is 0 Å². The predicted molar refractivity (Wildman–Crippen MR) is 121 cm³/mol. The SMILES string of the molecule is CCC1Oc2ccc(-c3csc(C)n3)cc2N(CCCOc2cccc(C)c2)C1=O. The summed E-state index contributed by atoms with van der Waals surface area (Å²) in [5, 5.41) is 3.06. The van der Waals surface area contributed by atoms with Crippen molar-refractivity contribution in [2.45, 2.75) is 39.7 Å². The number of amides is 1. The first kappa shape index (κ1) is 20.4. The number of carbonyl (C=O) groups excluding carboxylic acids is 1. The van der Waals surface area contributed by atoms with Gasteiger partial charge in [0.15, 0.2) is 6.10 Å². The average molecular weight is 423 g/mol. The summed E-state index contributed by atoms with van der Waals surface area (Å²) >= 11 is 1.62. The van der Waals surface area contributed by atoms with Gasteiger partial charge in [0.1, 0.15) is 11.5 Å². The highest BCUT2D eigenvalue weighted by Crippen LogP contribution is 2.38. The number of hydrogen-bond donors (Lipinski definition) is 0. The number of carbonyl (C=O) groups is 1. The fourth-order valence-corrected chi connectivity index (χ4v) is 4.21. The van der Waals surface area contributed by atoms with Gasteiger partial charge in [-0.25, -0.2) is 4.98 Å². The molecule has 1 amide bonds. The Kier molecular flexibility index (Phi) is 6.04. The second-order valence-electron chi connectivity index (χ2n) is 7.46. The van der Waals surface area contributed by atoms with E-state index in [2.05, 4.69) is 4.98 Å². The highest BCUT2D eigenvalue weighted by atomic mass is 32.1. The highest BCUT2D eigenvalue weighted by molar-refractivity contribution is 7.09. The monoisotopic (exact) mass is 422 g/mol. The Bertz CT molecular complexity index is 1050. The van der Waals surface area contributed by atoms with E-state index in [-0.39, 0.29) is 5.91 Å². The second-order valence-corrected chi connectivity index (χ2v) is 8.52.